The van der Waals surface area contributed by atoms with Crippen LogP contribution in [-0.4, -0.2) is 127 Å². The molecule has 7 N–H and O–H groups in total. The molecule has 1 unspecified atom stereocenters. The SMILES string of the molecule is CC1(C)C2CC[C@]3(C)[C@H](C(=O)C=C4[C@@H]5C[C@@](C)(C(=O)[O-])CC[C@]5(C)CC[C@]43C)[C@@]2(C)CC[C@@H]1O[C@H]1O[C@H](C(=O)O)[C@@H](O)[C@H](O)[C@H]1O[C@@H]1O[C@H](C(=O)O)[C@@H](O)[C@H](O)[C@H]1O.[K+]. The van der Waals surface area contributed by atoms with Crippen molar-refractivity contribution in [1.82, 2.24) is 0 Å². The van der Waals surface area contributed by atoms with E-state index < -0.39 is 107 Å². The van der Waals surface area contributed by atoms with Crippen molar-refractivity contribution >= 4 is 23.7 Å². The maximum absolute atomic E-state index is 14.8. The van der Waals surface area contributed by atoms with E-state index in [1.165, 1.54) is 0 Å². The van der Waals surface area contributed by atoms with E-state index >= 15 is 0 Å². The van der Waals surface area contributed by atoms with Crippen LogP contribution in [0.2, 0.25) is 0 Å². The Morgan fingerprint density at radius 3 is 1.90 bits per heavy atom. The van der Waals surface area contributed by atoms with Crippen LogP contribution in [0.25, 0.3) is 0 Å². The molecule has 6 fully saturated rings. The second-order valence-corrected chi connectivity index (χ2v) is 20.6. The predicted octanol–water partition coefficient (Wildman–Crippen LogP) is -2.09. The van der Waals surface area contributed by atoms with Crippen molar-refractivity contribution in [2.75, 3.05) is 0 Å². The number of aliphatic hydroxyl groups excluding tert-OH is 5. The monoisotopic (exact) mass is 860 g/mol. The van der Waals surface area contributed by atoms with Gasteiger partial charge in [0, 0.05) is 17.3 Å². The van der Waals surface area contributed by atoms with E-state index in [0.29, 0.717) is 38.5 Å². The van der Waals surface area contributed by atoms with E-state index in [-0.39, 0.29) is 85.8 Å². The van der Waals surface area contributed by atoms with Gasteiger partial charge in [0.1, 0.15) is 36.6 Å². The van der Waals surface area contributed by atoms with Gasteiger partial charge in [0.05, 0.1) is 6.10 Å². The van der Waals surface area contributed by atoms with Crippen LogP contribution < -0.4 is 56.5 Å². The number of aliphatic hydroxyl groups is 5. The quantitative estimate of drug-likeness (QED) is 0.107. The number of carbonyl (C=O) groups is 4. The van der Waals surface area contributed by atoms with E-state index in [2.05, 4.69) is 27.7 Å². The van der Waals surface area contributed by atoms with Crippen molar-refractivity contribution in [2.45, 2.75) is 174 Å². The summed E-state index contributed by atoms with van der Waals surface area (Å²) in [6, 6.07) is 0. The van der Waals surface area contributed by atoms with Crippen LogP contribution in [0, 0.1) is 50.2 Å². The molecule has 0 radical (unpaired) electrons. The predicted molar refractivity (Wildman–Crippen MR) is 197 cm³/mol. The van der Waals surface area contributed by atoms with Crippen LogP contribution >= 0.6 is 0 Å². The zero-order valence-corrected chi connectivity index (χ0v) is 38.5. The minimum Gasteiger partial charge on any atom is -0.550 e. The van der Waals surface area contributed by atoms with Crippen molar-refractivity contribution in [3.05, 3.63) is 11.6 Å². The smallest absolute Gasteiger partial charge is 0.550 e. The number of rotatable bonds is 7. The molecule has 0 spiro atoms. The number of allylic oxidation sites excluding steroid dienone is 2. The van der Waals surface area contributed by atoms with Gasteiger partial charge in [-0.2, -0.15) is 0 Å². The molecule has 59 heavy (non-hydrogen) atoms. The summed E-state index contributed by atoms with van der Waals surface area (Å²) in [6.07, 6.45) is -12.5. The molecule has 2 saturated heterocycles. The van der Waals surface area contributed by atoms with Gasteiger partial charge < -0.3 is 64.6 Å². The number of aliphatic carboxylic acids is 3. The fraction of sp³-hybridized carbons (Fsp3) is 0.857. The molecule has 326 valence electrons. The molecule has 17 heteroatoms. The number of hydrogen-bond donors (Lipinski definition) is 7. The van der Waals surface area contributed by atoms with Crippen molar-refractivity contribution in [2.24, 2.45) is 50.2 Å². The van der Waals surface area contributed by atoms with Crippen molar-refractivity contribution in [1.29, 1.82) is 0 Å². The fourth-order valence-corrected chi connectivity index (χ4v) is 13.4. The van der Waals surface area contributed by atoms with Crippen molar-refractivity contribution in [3.8, 4) is 0 Å². The summed E-state index contributed by atoms with van der Waals surface area (Å²) in [5.41, 5.74) is -2.03. The molecule has 7 aliphatic rings. The largest absolute Gasteiger partial charge is 1.00 e. The zero-order valence-electron chi connectivity index (χ0n) is 35.3. The maximum Gasteiger partial charge on any atom is 1.00 e. The van der Waals surface area contributed by atoms with Gasteiger partial charge in [-0.05, 0) is 103 Å². The first-order valence-corrected chi connectivity index (χ1v) is 20.7. The third-order valence-corrected chi connectivity index (χ3v) is 17.2. The number of fused-ring (bicyclic) bond motifs is 7. The van der Waals surface area contributed by atoms with Crippen LogP contribution in [0.1, 0.15) is 106 Å². The van der Waals surface area contributed by atoms with Crippen molar-refractivity contribution < 1.29 is 130 Å². The molecule has 0 amide bonds. The Kier molecular flexibility index (Phi) is 12.9. The number of carboxylic acid groups (broad SMARTS) is 3. The number of ketones is 1. The second kappa shape index (κ2) is 16.0. The maximum atomic E-state index is 14.8. The van der Waals surface area contributed by atoms with Crippen LogP contribution in [0.5, 0.6) is 0 Å². The van der Waals surface area contributed by atoms with Crippen LogP contribution in [0.4, 0.5) is 0 Å². The molecule has 19 atom stereocenters. The molecule has 2 heterocycles. The summed E-state index contributed by atoms with van der Waals surface area (Å²) >= 11 is 0. The summed E-state index contributed by atoms with van der Waals surface area (Å²) in [5.74, 6) is -4.80. The first kappa shape index (κ1) is 47.6. The van der Waals surface area contributed by atoms with Crippen LogP contribution in [0.3, 0.4) is 0 Å². The Hall–Kier alpha value is -0.904. The average molecular weight is 861 g/mol. The molecule has 5 aliphatic carbocycles. The molecule has 0 bridgehead atoms. The molecule has 0 aromatic rings. The molecule has 4 saturated carbocycles. The Bertz CT molecular complexity index is 1740. The van der Waals surface area contributed by atoms with E-state index in [1.54, 1.807) is 6.92 Å². The van der Waals surface area contributed by atoms with Gasteiger partial charge >= 0.3 is 63.3 Å². The summed E-state index contributed by atoms with van der Waals surface area (Å²) < 4.78 is 23.4. The molecule has 7 rings (SSSR count). The molecular formula is C42H61KO16. The third-order valence-electron chi connectivity index (χ3n) is 17.2. The number of carbonyl (C=O) groups excluding carboxylic acids is 2. The molecule has 16 nitrogen and oxygen atoms in total. The Morgan fingerprint density at radius 2 is 1.31 bits per heavy atom. The fourth-order valence-electron chi connectivity index (χ4n) is 13.4. The van der Waals surface area contributed by atoms with E-state index in [1.807, 2.05) is 19.9 Å². The van der Waals surface area contributed by atoms with Crippen molar-refractivity contribution in [3.63, 3.8) is 0 Å². The normalized spacial score (nSPS) is 51.7. The van der Waals surface area contributed by atoms with Gasteiger partial charge in [0.2, 0.25) is 0 Å². The number of carboxylic acids is 3. The molecule has 0 aromatic heterocycles. The molecule has 2 aliphatic heterocycles. The molecule has 0 aromatic carbocycles. The van der Waals surface area contributed by atoms with Crippen LogP contribution in [-0.2, 0) is 38.1 Å². The Balaban J connectivity index is 0.00000585. The van der Waals surface area contributed by atoms with Gasteiger partial charge in [-0.25, -0.2) is 9.59 Å². The second-order valence-electron chi connectivity index (χ2n) is 20.6. The first-order valence-electron chi connectivity index (χ1n) is 20.7. The van der Waals surface area contributed by atoms with Gasteiger partial charge in [-0.3, -0.25) is 4.79 Å². The summed E-state index contributed by atoms with van der Waals surface area (Å²) in [4.78, 5) is 51.2. The number of hydrogen-bond acceptors (Lipinski definition) is 14. The van der Waals surface area contributed by atoms with Crippen LogP contribution in [0.15, 0.2) is 11.6 Å². The van der Waals surface area contributed by atoms with E-state index in [0.717, 1.165) is 24.8 Å². The minimum absolute atomic E-state index is 0. The zero-order chi connectivity index (χ0) is 42.9. The Morgan fingerprint density at radius 1 is 0.729 bits per heavy atom. The summed E-state index contributed by atoms with van der Waals surface area (Å²) in [6.45, 7) is 14.7. The van der Waals surface area contributed by atoms with Gasteiger partial charge in [0.25, 0.3) is 0 Å². The standard InChI is InChI=1S/C42H62O16.K/c1-37(2)21-8-11-42(7)31(20(43)16-18-19-17-39(4,36(53)54)13-12-38(19,3)14-15-41(18,42)6)40(21,5)10-9-22(37)55-35-30(26(47)25(46)29(57-35)33(51)52)58-34-27(48)23(44)24(45)28(56-34)32(49)50;/h16,19,21-31,34-35,44-48H,8-15,17H2,1-7H3,(H,49,50)(H,51,52)(H,53,54);/q;+1/p-1/t19-,21?,22-,23-,24-,25-,26-,27+,28-,29-,30+,31+,34-,35-,38+,39-,40-,41+,42+;/m0./s1. The van der Waals surface area contributed by atoms with Gasteiger partial charge in [-0.1, -0.05) is 54.0 Å². The topological polar surface area (TPSA) is 270 Å². The Labute approximate surface area is 386 Å². The summed E-state index contributed by atoms with van der Waals surface area (Å²) in [7, 11) is 0. The van der Waals surface area contributed by atoms with Gasteiger partial charge in [-0.15, -0.1) is 0 Å². The first-order chi connectivity index (χ1) is 26.8. The van der Waals surface area contributed by atoms with E-state index in [4.69, 9.17) is 18.9 Å². The number of ether oxygens (including phenoxy) is 4. The minimum atomic E-state index is -2.05. The van der Waals surface area contributed by atoms with Gasteiger partial charge in [0.15, 0.2) is 30.6 Å². The third kappa shape index (κ3) is 7.21. The summed E-state index contributed by atoms with van der Waals surface area (Å²) in [5, 5.41) is 85.1. The van der Waals surface area contributed by atoms with E-state index in [9.17, 15) is 60.0 Å². The molecular weight excluding hydrogens is 800 g/mol. The average Bonchev–Trinajstić information content (AvgIpc) is 3.13.